The minimum absolute atomic E-state index is 0.173. The van der Waals surface area contributed by atoms with Crippen molar-refractivity contribution < 1.29 is 14.6 Å². The number of carbonyl (C=O) groups is 1. The lowest BCUT2D eigenvalue weighted by atomic mass is 9.92. The summed E-state index contributed by atoms with van der Waals surface area (Å²) < 4.78 is 5.86. The highest BCUT2D eigenvalue weighted by Crippen LogP contribution is 2.34. The summed E-state index contributed by atoms with van der Waals surface area (Å²) in [5.41, 5.74) is 6.49. The molecule has 0 aliphatic carbocycles. The van der Waals surface area contributed by atoms with Crippen LogP contribution in [0, 0.1) is 5.92 Å². The summed E-state index contributed by atoms with van der Waals surface area (Å²) in [6.45, 7) is 0.906. The molecule has 3 N–H and O–H groups in total. The molecule has 1 aliphatic rings. The number of ether oxygens (including phenoxy) is 1. The monoisotopic (exact) mass is 362 g/mol. The van der Waals surface area contributed by atoms with Crippen LogP contribution in [0.5, 0.6) is 0 Å². The Bertz CT molecular complexity index is 585. The molecule has 0 saturated carbocycles. The molecule has 1 aliphatic heterocycles. The standard InChI is InChI=1S/C14H16Cl2N2O3S/c15-10-2-1-8(5-11(10)16)13-9(6-12(17)22)7-18(14(19)20)3-4-21-13/h1-2,5,9,13H,3-4,6-7H2,(H2,17,22)(H,19,20)/t9-,13+/m1/s1. The lowest BCUT2D eigenvalue weighted by molar-refractivity contribution is 0.0327. The Balaban J connectivity index is 2.30. The van der Waals surface area contributed by atoms with E-state index in [0.717, 1.165) is 5.56 Å². The van der Waals surface area contributed by atoms with E-state index < -0.39 is 6.09 Å². The predicted octanol–water partition coefficient (Wildman–Crippen LogP) is 3.34. The molecule has 5 nitrogen and oxygen atoms in total. The Morgan fingerprint density at radius 1 is 1.45 bits per heavy atom. The van der Waals surface area contributed by atoms with Crippen LogP contribution in [0.25, 0.3) is 0 Å². The van der Waals surface area contributed by atoms with E-state index in [0.29, 0.717) is 41.2 Å². The van der Waals surface area contributed by atoms with Gasteiger partial charge in [0.2, 0.25) is 0 Å². The maximum Gasteiger partial charge on any atom is 0.407 e. The highest BCUT2D eigenvalue weighted by atomic mass is 35.5. The zero-order chi connectivity index (χ0) is 16.3. The molecule has 120 valence electrons. The van der Waals surface area contributed by atoms with Crippen molar-refractivity contribution in [2.75, 3.05) is 19.7 Å². The second-order valence-corrected chi connectivity index (χ2v) is 6.46. The van der Waals surface area contributed by atoms with E-state index in [1.165, 1.54) is 4.90 Å². The molecule has 0 spiro atoms. The van der Waals surface area contributed by atoms with Crippen LogP contribution in [-0.4, -0.2) is 40.8 Å². The molecule has 0 aromatic heterocycles. The van der Waals surface area contributed by atoms with Crippen LogP contribution in [-0.2, 0) is 4.74 Å². The number of rotatable bonds is 3. The molecule has 22 heavy (non-hydrogen) atoms. The van der Waals surface area contributed by atoms with Crippen LogP contribution in [0.3, 0.4) is 0 Å². The maximum atomic E-state index is 11.2. The van der Waals surface area contributed by atoms with Crippen LogP contribution in [0.4, 0.5) is 4.79 Å². The number of benzene rings is 1. The van der Waals surface area contributed by atoms with Gasteiger partial charge in [-0.15, -0.1) is 0 Å². The van der Waals surface area contributed by atoms with Crippen molar-refractivity contribution in [2.45, 2.75) is 12.5 Å². The molecule has 1 fully saturated rings. The molecule has 0 bridgehead atoms. The number of hydrogen-bond acceptors (Lipinski definition) is 3. The van der Waals surface area contributed by atoms with E-state index in [-0.39, 0.29) is 12.0 Å². The third kappa shape index (κ3) is 4.23. The third-order valence-electron chi connectivity index (χ3n) is 3.55. The van der Waals surface area contributed by atoms with E-state index in [1.54, 1.807) is 12.1 Å². The Hall–Kier alpha value is -1.08. The average Bonchev–Trinajstić information content (AvgIpc) is 2.64. The molecule has 1 aromatic rings. The molecular weight excluding hydrogens is 347 g/mol. The number of thiocarbonyl (C=S) groups is 1. The summed E-state index contributed by atoms with van der Waals surface area (Å²) in [6, 6.07) is 5.25. The van der Waals surface area contributed by atoms with E-state index >= 15 is 0 Å². The first-order valence-corrected chi connectivity index (χ1v) is 7.87. The van der Waals surface area contributed by atoms with Gasteiger partial charge in [-0.1, -0.05) is 41.5 Å². The Kier molecular flexibility index (Phi) is 5.86. The van der Waals surface area contributed by atoms with Crippen molar-refractivity contribution >= 4 is 46.5 Å². The number of hydrogen-bond donors (Lipinski definition) is 2. The van der Waals surface area contributed by atoms with Crippen molar-refractivity contribution in [3.63, 3.8) is 0 Å². The lowest BCUT2D eigenvalue weighted by Crippen LogP contribution is -2.36. The highest BCUT2D eigenvalue weighted by Gasteiger charge is 2.31. The summed E-state index contributed by atoms with van der Waals surface area (Å²) in [5, 5.41) is 10.1. The topological polar surface area (TPSA) is 75.8 Å². The molecule has 0 radical (unpaired) electrons. The molecule has 8 heteroatoms. The van der Waals surface area contributed by atoms with Crippen LogP contribution in [0.2, 0.25) is 10.0 Å². The van der Waals surface area contributed by atoms with Gasteiger partial charge in [-0.3, -0.25) is 0 Å². The van der Waals surface area contributed by atoms with Crippen LogP contribution in [0.1, 0.15) is 18.1 Å². The van der Waals surface area contributed by atoms with Crippen molar-refractivity contribution in [1.82, 2.24) is 4.90 Å². The van der Waals surface area contributed by atoms with Gasteiger partial charge in [0.25, 0.3) is 0 Å². The second kappa shape index (κ2) is 7.46. The molecule has 2 atom stereocenters. The summed E-state index contributed by atoms with van der Waals surface area (Å²) in [5.74, 6) is -0.173. The Morgan fingerprint density at radius 3 is 2.77 bits per heavy atom. The predicted molar refractivity (Wildman–Crippen MR) is 89.6 cm³/mol. The third-order valence-corrected chi connectivity index (χ3v) is 4.45. The van der Waals surface area contributed by atoms with E-state index in [4.69, 9.17) is 45.9 Å². The number of carboxylic acid groups (broad SMARTS) is 1. The van der Waals surface area contributed by atoms with Gasteiger partial charge in [0.1, 0.15) is 0 Å². The Morgan fingerprint density at radius 2 is 2.18 bits per heavy atom. The SMILES string of the molecule is NC(=S)C[C@@H]1CN(C(=O)O)CCO[C@H]1c1ccc(Cl)c(Cl)c1. The first-order chi connectivity index (χ1) is 10.4. The van der Waals surface area contributed by atoms with Crippen molar-refractivity contribution in [3.05, 3.63) is 33.8 Å². The maximum absolute atomic E-state index is 11.2. The van der Waals surface area contributed by atoms with Crippen molar-refractivity contribution in [2.24, 2.45) is 11.7 Å². The molecule has 0 unspecified atom stereocenters. The number of nitrogens with zero attached hydrogens (tertiary/aromatic N) is 1. The molecule has 1 amide bonds. The fraction of sp³-hybridized carbons (Fsp3) is 0.429. The minimum Gasteiger partial charge on any atom is -0.465 e. The normalized spacial score (nSPS) is 22.2. The van der Waals surface area contributed by atoms with Gasteiger partial charge < -0.3 is 20.5 Å². The van der Waals surface area contributed by atoms with Crippen LogP contribution in [0.15, 0.2) is 18.2 Å². The number of amides is 1. The van der Waals surface area contributed by atoms with Gasteiger partial charge in [0.15, 0.2) is 0 Å². The van der Waals surface area contributed by atoms with Gasteiger partial charge in [-0.05, 0) is 17.7 Å². The molecule has 1 saturated heterocycles. The zero-order valence-corrected chi connectivity index (χ0v) is 14.0. The quantitative estimate of drug-likeness (QED) is 0.806. The first-order valence-electron chi connectivity index (χ1n) is 6.71. The van der Waals surface area contributed by atoms with Crippen molar-refractivity contribution in [3.8, 4) is 0 Å². The van der Waals surface area contributed by atoms with Gasteiger partial charge in [0, 0.05) is 25.4 Å². The smallest absolute Gasteiger partial charge is 0.407 e. The van der Waals surface area contributed by atoms with E-state index in [9.17, 15) is 9.90 Å². The van der Waals surface area contributed by atoms with Gasteiger partial charge in [-0.25, -0.2) is 4.79 Å². The molecule has 2 rings (SSSR count). The van der Waals surface area contributed by atoms with Gasteiger partial charge in [-0.2, -0.15) is 0 Å². The Labute approximate surface area is 143 Å². The molecule has 1 heterocycles. The average molecular weight is 363 g/mol. The largest absolute Gasteiger partial charge is 0.465 e. The van der Waals surface area contributed by atoms with E-state index in [1.807, 2.05) is 6.07 Å². The zero-order valence-electron chi connectivity index (χ0n) is 11.7. The second-order valence-electron chi connectivity index (χ2n) is 5.12. The van der Waals surface area contributed by atoms with Crippen molar-refractivity contribution in [1.29, 1.82) is 0 Å². The fourth-order valence-corrected chi connectivity index (χ4v) is 3.08. The number of nitrogens with two attached hydrogens (primary N) is 1. The first kappa shape index (κ1) is 17.3. The number of halogens is 2. The molecular formula is C14H16Cl2N2O3S. The van der Waals surface area contributed by atoms with Crippen LogP contribution >= 0.6 is 35.4 Å². The van der Waals surface area contributed by atoms with E-state index in [2.05, 4.69) is 0 Å². The fourth-order valence-electron chi connectivity index (χ4n) is 2.56. The molecule has 1 aromatic carbocycles. The van der Waals surface area contributed by atoms with Gasteiger partial charge in [0.05, 0.1) is 27.7 Å². The summed E-state index contributed by atoms with van der Waals surface area (Å²) in [6.07, 6.45) is -0.920. The summed E-state index contributed by atoms with van der Waals surface area (Å²) in [4.78, 5) is 12.9. The summed E-state index contributed by atoms with van der Waals surface area (Å²) >= 11 is 17.0. The lowest BCUT2D eigenvalue weighted by Gasteiger charge is -2.26. The highest BCUT2D eigenvalue weighted by molar-refractivity contribution is 7.80. The van der Waals surface area contributed by atoms with Gasteiger partial charge >= 0.3 is 6.09 Å². The minimum atomic E-state index is -0.980. The summed E-state index contributed by atoms with van der Waals surface area (Å²) in [7, 11) is 0. The van der Waals surface area contributed by atoms with Crippen LogP contribution < -0.4 is 5.73 Å².